The summed E-state index contributed by atoms with van der Waals surface area (Å²) in [5.41, 5.74) is 2.04. The van der Waals surface area contributed by atoms with E-state index in [1.54, 1.807) is 6.07 Å². The summed E-state index contributed by atoms with van der Waals surface area (Å²) in [6.07, 6.45) is 3.22. The van der Waals surface area contributed by atoms with Crippen LogP contribution in [0.2, 0.25) is 0 Å². The second-order valence-electron chi connectivity index (χ2n) is 5.07. The standard InChI is InChI=1S/C15H23FN2/c1-3-12-5-4-6-15(16)14(12)11-18-9-7-13(17-2)8-10-18/h4-6,13,17H,3,7-11H2,1-2H3. The zero-order chi connectivity index (χ0) is 13.0. The zero-order valence-electron chi connectivity index (χ0n) is 11.4. The van der Waals surface area contributed by atoms with Gasteiger partial charge in [-0.3, -0.25) is 4.90 Å². The van der Waals surface area contributed by atoms with Crippen LogP contribution in [0.1, 0.15) is 30.9 Å². The van der Waals surface area contributed by atoms with E-state index in [1.165, 1.54) is 0 Å². The monoisotopic (exact) mass is 250 g/mol. The Bertz CT molecular complexity index is 384. The summed E-state index contributed by atoms with van der Waals surface area (Å²) in [6, 6.07) is 6.06. The fraction of sp³-hybridized carbons (Fsp3) is 0.600. The third-order valence-corrected chi connectivity index (χ3v) is 3.97. The van der Waals surface area contributed by atoms with Crippen molar-refractivity contribution in [3.63, 3.8) is 0 Å². The molecule has 0 aromatic heterocycles. The topological polar surface area (TPSA) is 15.3 Å². The number of benzene rings is 1. The first kappa shape index (κ1) is 13.5. The molecule has 1 aliphatic heterocycles. The van der Waals surface area contributed by atoms with Crippen molar-refractivity contribution in [3.8, 4) is 0 Å². The Kier molecular flexibility index (Phi) is 4.72. The molecule has 100 valence electrons. The lowest BCUT2D eigenvalue weighted by Crippen LogP contribution is -2.41. The van der Waals surface area contributed by atoms with Crippen LogP contribution in [0.25, 0.3) is 0 Å². The van der Waals surface area contributed by atoms with E-state index in [1.807, 2.05) is 19.2 Å². The summed E-state index contributed by atoms with van der Waals surface area (Å²) < 4.78 is 13.9. The molecule has 1 saturated heterocycles. The summed E-state index contributed by atoms with van der Waals surface area (Å²) in [7, 11) is 2.02. The van der Waals surface area contributed by atoms with Crippen LogP contribution in [0.3, 0.4) is 0 Å². The fourth-order valence-electron chi connectivity index (χ4n) is 2.71. The number of aryl methyl sites for hydroxylation is 1. The van der Waals surface area contributed by atoms with Crippen molar-refractivity contribution in [2.24, 2.45) is 0 Å². The van der Waals surface area contributed by atoms with Gasteiger partial charge in [0, 0.05) is 18.2 Å². The SMILES string of the molecule is CCc1cccc(F)c1CN1CCC(NC)CC1. The predicted molar refractivity (Wildman–Crippen MR) is 73.1 cm³/mol. The Hall–Kier alpha value is -0.930. The molecule has 1 aliphatic rings. The third-order valence-electron chi connectivity index (χ3n) is 3.97. The molecule has 0 aliphatic carbocycles. The summed E-state index contributed by atoms with van der Waals surface area (Å²) in [5, 5.41) is 3.32. The van der Waals surface area contributed by atoms with Crippen molar-refractivity contribution in [1.29, 1.82) is 0 Å². The lowest BCUT2D eigenvalue weighted by atomic mass is 10.0. The Morgan fingerprint density at radius 1 is 1.33 bits per heavy atom. The normalized spacial score (nSPS) is 18.2. The molecule has 1 aromatic carbocycles. The number of nitrogens with one attached hydrogen (secondary N) is 1. The Morgan fingerprint density at radius 2 is 2.06 bits per heavy atom. The number of nitrogens with zero attached hydrogens (tertiary/aromatic N) is 1. The summed E-state index contributed by atoms with van der Waals surface area (Å²) >= 11 is 0. The van der Waals surface area contributed by atoms with Gasteiger partial charge in [0.05, 0.1) is 0 Å². The van der Waals surface area contributed by atoms with E-state index in [-0.39, 0.29) is 5.82 Å². The van der Waals surface area contributed by atoms with E-state index >= 15 is 0 Å². The van der Waals surface area contributed by atoms with Crippen LogP contribution in [-0.4, -0.2) is 31.1 Å². The van der Waals surface area contributed by atoms with Crippen molar-refractivity contribution < 1.29 is 4.39 Å². The minimum Gasteiger partial charge on any atom is -0.317 e. The van der Waals surface area contributed by atoms with E-state index in [0.717, 1.165) is 50.0 Å². The molecule has 0 amide bonds. The van der Waals surface area contributed by atoms with Gasteiger partial charge in [0.1, 0.15) is 5.82 Å². The molecule has 1 fully saturated rings. The molecule has 3 heteroatoms. The average molecular weight is 250 g/mol. The molecule has 0 spiro atoms. The maximum Gasteiger partial charge on any atom is 0.127 e. The van der Waals surface area contributed by atoms with Gasteiger partial charge in [-0.05, 0) is 51.0 Å². The van der Waals surface area contributed by atoms with E-state index in [4.69, 9.17) is 0 Å². The maximum atomic E-state index is 13.9. The van der Waals surface area contributed by atoms with E-state index in [9.17, 15) is 4.39 Å². The molecule has 0 saturated carbocycles. The summed E-state index contributed by atoms with van der Waals surface area (Å²) in [4.78, 5) is 2.37. The van der Waals surface area contributed by atoms with Gasteiger partial charge in [-0.1, -0.05) is 19.1 Å². The average Bonchev–Trinajstić information content (AvgIpc) is 2.42. The quantitative estimate of drug-likeness (QED) is 0.883. The zero-order valence-corrected chi connectivity index (χ0v) is 11.4. The fourth-order valence-corrected chi connectivity index (χ4v) is 2.71. The molecule has 1 N–H and O–H groups in total. The Labute approximate surface area is 109 Å². The van der Waals surface area contributed by atoms with Crippen molar-refractivity contribution in [2.75, 3.05) is 20.1 Å². The van der Waals surface area contributed by atoms with Crippen LogP contribution in [0.4, 0.5) is 4.39 Å². The first-order valence-electron chi connectivity index (χ1n) is 6.90. The molecule has 0 bridgehead atoms. The van der Waals surface area contributed by atoms with Gasteiger partial charge in [0.25, 0.3) is 0 Å². The highest BCUT2D eigenvalue weighted by Crippen LogP contribution is 2.19. The van der Waals surface area contributed by atoms with E-state index < -0.39 is 0 Å². The minimum absolute atomic E-state index is 0.0508. The van der Waals surface area contributed by atoms with Crippen LogP contribution in [0, 0.1) is 5.82 Å². The summed E-state index contributed by atoms with van der Waals surface area (Å²) in [6.45, 7) is 4.96. The first-order chi connectivity index (χ1) is 8.74. The van der Waals surface area contributed by atoms with Gasteiger partial charge in [-0.15, -0.1) is 0 Å². The molecular weight excluding hydrogens is 227 g/mol. The number of hydrogen-bond donors (Lipinski definition) is 1. The molecule has 0 atom stereocenters. The number of halogens is 1. The van der Waals surface area contributed by atoms with E-state index in [2.05, 4.69) is 17.1 Å². The molecule has 18 heavy (non-hydrogen) atoms. The highest BCUT2D eigenvalue weighted by Gasteiger charge is 2.19. The minimum atomic E-state index is -0.0508. The lowest BCUT2D eigenvalue weighted by Gasteiger charge is -2.32. The molecule has 1 aromatic rings. The van der Waals surface area contributed by atoms with Gasteiger partial charge in [0.15, 0.2) is 0 Å². The molecule has 0 unspecified atom stereocenters. The van der Waals surface area contributed by atoms with Crippen LogP contribution in [-0.2, 0) is 13.0 Å². The summed E-state index contributed by atoms with van der Waals surface area (Å²) in [5.74, 6) is -0.0508. The van der Waals surface area contributed by atoms with Crippen LogP contribution in [0.15, 0.2) is 18.2 Å². The Morgan fingerprint density at radius 3 is 2.67 bits per heavy atom. The van der Waals surface area contributed by atoms with Crippen LogP contribution >= 0.6 is 0 Å². The maximum absolute atomic E-state index is 13.9. The van der Waals surface area contributed by atoms with Crippen LogP contribution < -0.4 is 5.32 Å². The number of rotatable bonds is 4. The van der Waals surface area contributed by atoms with Crippen molar-refractivity contribution in [2.45, 2.75) is 38.8 Å². The highest BCUT2D eigenvalue weighted by molar-refractivity contribution is 5.28. The van der Waals surface area contributed by atoms with Gasteiger partial charge in [-0.25, -0.2) is 4.39 Å². The smallest absolute Gasteiger partial charge is 0.127 e. The first-order valence-corrected chi connectivity index (χ1v) is 6.90. The van der Waals surface area contributed by atoms with Gasteiger partial charge in [0.2, 0.25) is 0 Å². The molecule has 1 heterocycles. The number of hydrogen-bond acceptors (Lipinski definition) is 2. The predicted octanol–water partition coefficient (Wildman–Crippen LogP) is 2.57. The highest BCUT2D eigenvalue weighted by atomic mass is 19.1. The number of likely N-dealkylation sites (tertiary alicyclic amines) is 1. The van der Waals surface area contributed by atoms with Crippen LogP contribution in [0.5, 0.6) is 0 Å². The molecule has 0 radical (unpaired) electrons. The molecular formula is C15H23FN2. The van der Waals surface area contributed by atoms with Gasteiger partial charge < -0.3 is 5.32 Å². The molecule has 2 rings (SSSR count). The lowest BCUT2D eigenvalue weighted by molar-refractivity contribution is 0.192. The van der Waals surface area contributed by atoms with Crippen molar-refractivity contribution in [1.82, 2.24) is 10.2 Å². The van der Waals surface area contributed by atoms with Crippen molar-refractivity contribution >= 4 is 0 Å². The third kappa shape index (κ3) is 3.09. The Balaban J connectivity index is 2.02. The van der Waals surface area contributed by atoms with Crippen molar-refractivity contribution in [3.05, 3.63) is 35.1 Å². The second kappa shape index (κ2) is 6.30. The molecule has 2 nitrogen and oxygen atoms in total. The second-order valence-corrected chi connectivity index (χ2v) is 5.07. The van der Waals surface area contributed by atoms with Gasteiger partial charge in [-0.2, -0.15) is 0 Å². The number of piperidine rings is 1. The van der Waals surface area contributed by atoms with Gasteiger partial charge >= 0.3 is 0 Å². The largest absolute Gasteiger partial charge is 0.317 e. The van der Waals surface area contributed by atoms with E-state index in [0.29, 0.717) is 6.04 Å².